The smallest absolute Gasteiger partial charge is 0.294 e. The maximum Gasteiger partial charge on any atom is 0.294 e. The molecule has 1 unspecified atom stereocenters. The van der Waals surface area contributed by atoms with Crippen molar-refractivity contribution in [3.63, 3.8) is 0 Å². The van der Waals surface area contributed by atoms with Crippen molar-refractivity contribution in [1.29, 1.82) is 0 Å². The number of ether oxygens (including phenoxy) is 1. The van der Waals surface area contributed by atoms with Crippen molar-refractivity contribution in [2.45, 2.75) is 13.0 Å². The molecule has 1 aliphatic rings. The monoisotopic (exact) mass is 473 g/mol. The minimum absolute atomic E-state index is 0.00694. The molecule has 1 atom stereocenters. The average Bonchev–Trinajstić information content (AvgIpc) is 3.38. The first-order valence-electron chi connectivity index (χ1n) is 10.8. The standard InChI is InChI=1S/C27H20ClNO5/c1-2-33-20-10-6-7-16(14-20)24-23(26(31)27(32)29(24)19-8-4-3-5-9-19)25(30)22-15-17-13-18(28)11-12-21(17)34-22/h3-15,24,31H,2H2,1H3. The van der Waals surface area contributed by atoms with Gasteiger partial charge in [0.25, 0.3) is 5.91 Å². The van der Waals surface area contributed by atoms with E-state index in [1.165, 1.54) is 4.90 Å². The normalized spacial score (nSPS) is 15.9. The lowest BCUT2D eigenvalue weighted by Gasteiger charge is -2.27. The Balaban J connectivity index is 1.65. The molecule has 1 aliphatic heterocycles. The van der Waals surface area contributed by atoms with E-state index in [1.54, 1.807) is 72.8 Å². The van der Waals surface area contributed by atoms with Crippen molar-refractivity contribution in [3.05, 3.63) is 107 Å². The van der Waals surface area contributed by atoms with Crippen LogP contribution >= 0.6 is 11.6 Å². The van der Waals surface area contributed by atoms with Crippen LogP contribution in [0.15, 0.2) is 94.6 Å². The number of aliphatic hydroxyl groups is 1. The van der Waals surface area contributed by atoms with Crippen molar-refractivity contribution in [2.24, 2.45) is 0 Å². The average molecular weight is 474 g/mol. The molecule has 1 amide bonds. The van der Waals surface area contributed by atoms with Crippen molar-refractivity contribution in [2.75, 3.05) is 11.5 Å². The number of para-hydroxylation sites is 1. The number of furan rings is 1. The molecule has 0 radical (unpaired) electrons. The summed E-state index contributed by atoms with van der Waals surface area (Å²) in [7, 11) is 0. The largest absolute Gasteiger partial charge is 0.503 e. The van der Waals surface area contributed by atoms with Gasteiger partial charge in [-0.1, -0.05) is 41.9 Å². The van der Waals surface area contributed by atoms with Gasteiger partial charge in [-0.05, 0) is 61.0 Å². The second-order valence-corrected chi connectivity index (χ2v) is 8.24. The number of hydrogen-bond acceptors (Lipinski definition) is 5. The van der Waals surface area contributed by atoms with Gasteiger partial charge >= 0.3 is 0 Å². The van der Waals surface area contributed by atoms with E-state index in [9.17, 15) is 14.7 Å². The minimum Gasteiger partial charge on any atom is -0.503 e. The number of carbonyl (C=O) groups is 2. The van der Waals surface area contributed by atoms with Gasteiger partial charge in [-0.3, -0.25) is 14.5 Å². The molecule has 0 fully saturated rings. The van der Waals surface area contributed by atoms with E-state index < -0.39 is 23.5 Å². The topological polar surface area (TPSA) is 80.0 Å². The van der Waals surface area contributed by atoms with Crippen LogP contribution in [-0.4, -0.2) is 23.4 Å². The summed E-state index contributed by atoms with van der Waals surface area (Å²) in [6.07, 6.45) is 0. The fraction of sp³-hybridized carbons (Fsp3) is 0.111. The predicted octanol–water partition coefficient (Wildman–Crippen LogP) is 6.27. The van der Waals surface area contributed by atoms with E-state index >= 15 is 0 Å². The molecule has 4 aromatic rings. The number of halogens is 1. The Morgan fingerprint density at radius 3 is 2.62 bits per heavy atom. The first kappa shape index (κ1) is 21.8. The van der Waals surface area contributed by atoms with Crippen LogP contribution < -0.4 is 9.64 Å². The van der Waals surface area contributed by atoms with E-state index in [1.807, 2.05) is 13.0 Å². The molecule has 0 spiro atoms. The van der Waals surface area contributed by atoms with Gasteiger partial charge in [0.2, 0.25) is 5.78 Å². The number of aliphatic hydroxyl groups excluding tert-OH is 1. The van der Waals surface area contributed by atoms with Gasteiger partial charge in [-0.25, -0.2) is 0 Å². The van der Waals surface area contributed by atoms with Gasteiger partial charge in [-0.15, -0.1) is 0 Å². The van der Waals surface area contributed by atoms with Gasteiger partial charge in [0, 0.05) is 16.1 Å². The highest BCUT2D eigenvalue weighted by molar-refractivity contribution is 6.31. The highest BCUT2D eigenvalue weighted by atomic mass is 35.5. The highest BCUT2D eigenvalue weighted by Crippen LogP contribution is 2.43. The molecule has 34 heavy (non-hydrogen) atoms. The fourth-order valence-corrected chi connectivity index (χ4v) is 4.39. The number of anilines is 1. The van der Waals surface area contributed by atoms with Gasteiger partial charge in [-0.2, -0.15) is 0 Å². The molecule has 1 N–H and O–H groups in total. The zero-order chi connectivity index (χ0) is 23.8. The number of rotatable bonds is 6. The summed E-state index contributed by atoms with van der Waals surface area (Å²) in [5.74, 6) is -1.26. The molecule has 0 saturated carbocycles. The zero-order valence-corrected chi connectivity index (χ0v) is 19.0. The van der Waals surface area contributed by atoms with Crippen LogP contribution in [-0.2, 0) is 4.79 Å². The number of fused-ring (bicyclic) bond motifs is 1. The molecule has 1 aromatic heterocycles. The maximum atomic E-state index is 13.7. The van der Waals surface area contributed by atoms with Gasteiger partial charge < -0.3 is 14.3 Å². The third kappa shape index (κ3) is 3.72. The molecule has 0 saturated heterocycles. The third-order valence-corrected chi connectivity index (χ3v) is 5.91. The molecule has 0 bridgehead atoms. The summed E-state index contributed by atoms with van der Waals surface area (Å²) in [6.45, 7) is 2.33. The number of nitrogens with zero attached hydrogens (tertiary/aromatic N) is 1. The summed E-state index contributed by atoms with van der Waals surface area (Å²) >= 11 is 6.07. The molecule has 2 heterocycles. The number of amides is 1. The Labute approximate surface area is 200 Å². The van der Waals surface area contributed by atoms with E-state index in [0.29, 0.717) is 39.6 Å². The Hall–Kier alpha value is -4.03. The van der Waals surface area contributed by atoms with E-state index in [0.717, 1.165) is 0 Å². The fourth-order valence-electron chi connectivity index (χ4n) is 4.21. The van der Waals surface area contributed by atoms with Crippen molar-refractivity contribution >= 4 is 39.9 Å². The van der Waals surface area contributed by atoms with Gasteiger partial charge in [0.05, 0.1) is 18.2 Å². The highest BCUT2D eigenvalue weighted by Gasteiger charge is 2.45. The van der Waals surface area contributed by atoms with Crippen LogP contribution in [0.3, 0.4) is 0 Å². The maximum absolute atomic E-state index is 13.7. The summed E-state index contributed by atoms with van der Waals surface area (Å²) in [4.78, 5) is 28.3. The minimum atomic E-state index is -0.875. The van der Waals surface area contributed by atoms with E-state index in [4.69, 9.17) is 20.8 Å². The van der Waals surface area contributed by atoms with Crippen molar-refractivity contribution in [1.82, 2.24) is 0 Å². The van der Waals surface area contributed by atoms with E-state index in [2.05, 4.69) is 0 Å². The number of hydrogen-bond donors (Lipinski definition) is 1. The molecule has 170 valence electrons. The SMILES string of the molecule is CCOc1cccc(C2C(C(=O)c3cc4cc(Cl)ccc4o3)=C(O)C(=O)N2c2ccccc2)c1. The van der Waals surface area contributed by atoms with Crippen LogP contribution in [0.5, 0.6) is 5.75 Å². The first-order valence-corrected chi connectivity index (χ1v) is 11.1. The van der Waals surface area contributed by atoms with Crippen LogP contribution in [0, 0.1) is 0 Å². The summed E-state index contributed by atoms with van der Waals surface area (Å²) in [6, 6.07) is 21.7. The number of Topliss-reactive ketones (excluding diaryl/α,β-unsaturated/α-hetero) is 1. The lowest BCUT2D eigenvalue weighted by atomic mass is 9.94. The number of ketones is 1. The molecule has 6 nitrogen and oxygen atoms in total. The molecule has 0 aliphatic carbocycles. The molecule has 3 aromatic carbocycles. The Morgan fingerprint density at radius 2 is 1.85 bits per heavy atom. The quantitative estimate of drug-likeness (QED) is 0.334. The molecular formula is C27H20ClNO5. The Morgan fingerprint density at radius 1 is 1.06 bits per heavy atom. The second kappa shape index (κ2) is 8.72. The summed E-state index contributed by atoms with van der Waals surface area (Å²) < 4.78 is 11.4. The third-order valence-electron chi connectivity index (χ3n) is 5.67. The molecule has 5 rings (SSSR count). The zero-order valence-electron chi connectivity index (χ0n) is 18.2. The molecule has 7 heteroatoms. The Bertz CT molecular complexity index is 1440. The van der Waals surface area contributed by atoms with Gasteiger partial charge in [0.1, 0.15) is 11.3 Å². The van der Waals surface area contributed by atoms with Crippen LogP contribution in [0.1, 0.15) is 29.1 Å². The number of benzene rings is 3. The van der Waals surface area contributed by atoms with Crippen LogP contribution in [0.4, 0.5) is 5.69 Å². The predicted molar refractivity (Wildman–Crippen MR) is 129 cm³/mol. The van der Waals surface area contributed by atoms with Gasteiger partial charge in [0.15, 0.2) is 11.5 Å². The van der Waals surface area contributed by atoms with Crippen molar-refractivity contribution in [3.8, 4) is 5.75 Å². The van der Waals surface area contributed by atoms with Crippen molar-refractivity contribution < 1.29 is 23.8 Å². The lowest BCUT2D eigenvalue weighted by Crippen LogP contribution is -2.31. The summed E-state index contributed by atoms with van der Waals surface area (Å²) in [5, 5.41) is 12.1. The number of carbonyl (C=O) groups excluding carboxylic acids is 2. The molecular weight excluding hydrogens is 454 g/mol. The summed E-state index contributed by atoms with van der Waals surface area (Å²) in [5.41, 5.74) is 1.58. The second-order valence-electron chi connectivity index (χ2n) is 7.80. The Kier molecular flexibility index (Phi) is 5.59. The van der Waals surface area contributed by atoms with Crippen LogP contribution in [0.25, 0.3) is 11.0 Å². The van der Waals surface area contributed by atoms with E-state index in [-0.39, 0.29) is 11.3 Å². The van der Waals surface area contributed by atoms with Crippen LogP contribution in [0.2, 0.25) is 5.02 Å². The first-order chi connectivity index (χ1) is 16.5. The lowest BCUT2D eigenvalue weighted by molar-refractivity contribution is -0.117.